The second-order valence-electron chi connectivity index (χ2n) is 5.19. The molecule has 0 atom stereocenters. The second kappa shape index (κ2) is 4.77. The molecule has 0 aliphatic rings. The molecule has 2 aromatic heterocycles. The van der Waals surface area contributed by atoms with Crippen LogP contribution in [-0.2, 0) is 7.05 Å². The molecule has 0 radical (unpaired) electrons. The maximum atomic E-state index is 12.6. The molecule has 21 heavy (non-hydrogen) atoms. The molecular weight excluding hydrogens is 266 g/mol. The Morgan fingerprint density at radius 2 is 2.00 bits per heavy atom. The average Bonchev–Trinajstić information content (AvgIpc) is 2.98. The van der Waals surface area contributed by atoms with Gasteiger partial charge in [0.2, 0.25) is 5.95 Å². The van der Waals surface area contributed by atoms with Crippen LogP contribution in [0.25, 0.3) is 11.0 Å². The minimum absolute atomic E-state index is 0.195. The maximum absolute atomic E-state index is 12.6. The molecule has 3 rings (SSSR count). The van der Waals surface area contributed by atoms with Gasteiger partial charge in [0.1, 0.15) is 5.76 Å². The van der Waals surface area contributed by atoms with Gasteiger partial charge in [-0.1, -0.05) is 12.1 Å². The number of hydrogen-bond acceptors (Lipinski definition) is 3. The molecule has 3 aromatic rings. The summed E-state index contributed by atoms with van der Waals surface area (Å²) in [4.78, 5) is 18.6. The standard InChI is InChI=1S/C16H17N3O2/c1-10-9-11(2)21-14(10)15(20)19(4)16-17-12-7-5-6-8-13(12)18(16)3/h5-9H,1-4H3. The van der Waals surface area contributed by atoms with Gasteiger partial charge >= 0.3 is 0 Å². The highest BCUT2D eigenvalue weighted by Crippen LogP contribution is 2.23. The van der Waals surface area contributed by atoms with Gasteiger partial charge in [-0.15, -0.1) is 0 Å². The van der Waals surface area contributed by atoms with Crippen molar-refractivity contribution >= 4 is 22.9 Å². The zero-order valence-corrected chi connectivity index (χ0v) is 12.5. The summed E-state index contributed by atoms with van der Waals surface area (Å²) in [5, 5.41) is 0. The third-order valence-electron chi connectivity index (χ3n) is 3.60. The minimum atomic E-state index is -0.195. The van der Waals surface area contributed by atoms with Gasteiger partial charge in [0.25, 0.3) is 5.91 Å². The van der Waals surface area contributed by atoms with Gasteiger partial charge in [-0.05, 0) is 32.0 Å². The van der Waals surface area contributed by atoms with E-state index in [1.165, 1.54) is 4.90 Å². The number of benzene rings is 1. The van der Waals surface area contributed by atoms with Gasteiger partial charge in [-0.3, -0.25) is 9.69 Å². The number of aryl methyl sites for hydroxylation is 3. The summed E-state index contributed by atoms with van der Waals surface area (Å²) in [5.74, 6) is 1.49. The summed E-state index contributed by atoms with van der Waals surface area (Å²) >= 11 is 0. The Balaban J connectivity index is 2.04. The summed E-state index contributed by atoms with van der Waals surface area (Å²) in [6.07, 6.45) is 0. The lowest BCUT2D eigenvalue weighted by atomic mass is 10.2. The van der Waals surface area contributed by atoms with E-state index in [0.717, 1.165) is 22.4 Å². The number of carbonyl (C=O) groups is 1. The van der Waals surface area contributed by atoms with E-state index in [-0.39, 0.29) is 5.91 Å². The van der Waals surface area contributed by atoms with Crippen LogP contribution in [-0.4, -0.2) is 22.5 Å². The van der Waals surface area contributed by atoms with Crippen LogP contribution in [0.1, 0.15) is 21.9 Å². The fourth-order valence-corrected chi connectivity index (χ4v) is 2.53. The van der Waals surface area contributed by atoms with Gasteiger partial charge in [-0.25, -0.2) is 4.98 Å². The van der Waals surface area contributed by atoms with Crippen molar-refractivity contribution in [3.63, 3.8) is 0 Å². The first kappa shape index (κ1) is 13.4. The third kappa shape index (κ3) is 2.11. The van der Waals surface area contributed by atoms with Crippen molar-refractivity contribution in [1.29, 1.82) is 0 Å². The lowest BCUT2D eigenvalue weighted by molar-refractivity contribution is 0.0962. The number of fused-ring (bicyclic) bond motifs is 1. The molecule has 0 unspecified atom stereocenters. The first-order valence-corrected chi connectivity index (χ1v) is 6.75. The molecule has 0 spiro atoms. The van der Waals surface area contributed by atoms with E-state index in [0.29, 0.717) is 11.7 Å². The van der Waals surface area contributed by atoms with Crippen LogP contribution in [0.2, 0.25) is 0 Å². The van der Waals surface area contributed by atoms with Crippen LogP contribution >= 0.6 is 0 Å². The van der Waals surface area contributed by atoms with Gasteiger partial charge in [0.15, 0.2) is 5.76 Å². The number of nitrogens with zero attached hydrogens (tertiary/aromatic N) is 3. The van der Waals surface area contributed by atoms with Crippen molar-refractivity contribution in [1.82, 2.24) is 9.55 Å². The van der Waals surface area contributed by atoms with Crippen LogP contribution in [0.3, 0.4) is 0 Å². The fourth-order valence-electron chi connectivity index (χ4n) is 2.53. The lowest BCUT2D eigenvalue weighted by Gasteiger charge is -2.15. The van der Waals surface area contributed by atoms with E-state index in [2.05, 4.69) is 4.98 Å². The highest BCUT2D eigenvalue weighted by atomic mass is 16.4. The number of furan rings is 1. The number of imidazole rings is 1. The van der Waals surface area contributed by atoms with Crippen molar-refractivity contribution in [2.75, 3.05) is 11.9 Å². The maximum Gasteiger partial charge on any atom is 0.296 e. The number of rotatable bonds is 2. The van der Waals surface area contributed by atoms with Crippen LogP contribution in [0.5, 0.6) is 0 Å². The minimum Gasteiger partial charge on any atom is -0.456 e. The Morgan fingerprint density at radius 1 is 1.29 bits per heavy atom. The first-order chi connectivity index (χ1) is 9.99. The number of anilines is 1. The summed E-state index contributed by atoms with van der Waals surface area (Å²) in [6.45, 7) is 3.70. The molecule has 5 nitrogen and oxygen atoms in total. The molecule has 0 N–H and O–H groups in total. The van der Waals surface area contributed by atoms with Crippen LogP contribution < -0.4 is 4.90 Å². The van der Waals surface area contributed by atoms with E-state index < -0.39 is 0 Å². The van der Waals surface area contributed by atoms with E-state index >= 15 is 0 Å². The van der Waals surface area contributed by atoms with Crippen LogP contribution in [0.4, 0.5) is 5.95 Å². The molecule has 1 aromatic carbocycles. The number of carbonyl (C=O) groups excluding carboxylic acids is 1. The Labute approximate surface area is 122 Å². The summed E-state index contributed by atoms with van der Waals surface area (Å²) in [7, 11) is 3.61. The predicted octanol–water partition coefficient (Wildman–Crippen LogP) is 3.06. The molecule has 108 valence electrons. The molecule has 0 fully saturated rings. The molecule has 0 aliphatic heterocycles. The van der Waals surface area contributed by atoms with Crippen molar-refractivity contribution in [2.45, 2.75) is 13.8 Å². The zero-order valence-electron chi connectivity index (χ0n) is 12.5. The Kier molecular flexibility index (Phi) is 3.05. The molecule has 0 saturated heterocycles. The average molecular weight is 283 g/mol. The highest BCUT2D eigenvalue weighted by molar-refractivity contribution is 6.04. The normalized spacial score (nSPS) is 11.0. The van der Waals surface area contributed by atoms with Crippen molar-refractivity contribution in [2.24, 2.45) is 7.05 Å². The predicted molar refractivity (Wildman–Crippen MR) is 81.6 cm³/mol. The number of hydrogen-bond donors (Lipinski definition) is 0. The Bertz CT molecular complexity index is 829. The topological polar surface area (TPSA) is 51.3 Å². The van der Waals surface area contributed by atoms with Crippen molar-refractivity contribution in [3.05, 3.63) is 47.4 Å². The van der Waals surface area contributed by atoms with E-state index in [1.54, 1.807) is 7.05 Å². The van der Waals surface area contributed by atoms with Crippen molar-refractivity contribution < 1.29 is 9.21 Å². The van der Waals surface area contributed by atoms with E-state index in [1.807, 2.05) is 55.8 Å². The van der Waals surface area contributed by atoms with Crippen LogP contribution in [0.15, 0.2) is 34.7 Å². The number of aromatic nitrogens is 2. The molecule has 0 saturated carbocycles. The van der Waals surface area contributed by atoms with Crippen molar-refractivity contribution in [3.8, 4) is 0 Å². The first-order valence-electron chi connectivity index (χ1n) is 6.75. The van der Waals surface area contributed by atoms with Crippen LogP contribution in [0, 0.1) is 13.8 Å². The molecule has 5 heteroatoms. The largest absolute Gasteiger partial charge is 0.456 e. The quantitative estimate of drug-likeness (QED) is 0.726. The molecular formula is C16H17N3O2. The van der Waals surface area contributed by atoms with E-state index in [9.17, 15) is 4.79 Å². The van der Waals surface area contributed by atoms with E-state index in [4.69, 9.17) is 4.42 Å². The lowest BCUT2D eigenvalue weighted by Crippen LogP contribution is -2.28. The Hall–Kier alpha value is -2.56. The summed E-state index contributed by atoms with van der Waals surface area (Å²) < 4.78 is 7.41. The molecule has 0 aliphatic carbocycles. The Morgan fingerprint density at radius 3 is 2.62 bits per heavy atom. The fraction of sp³-hybridized carbons (Fsp3) is 0.250. The number of para-hydroxylation sites is 2. The second-order valence-corrected chi connectivity index (χ2v) is 5.19. The zero-order chi connectivity index (χ0) is 15.1. The highest BCUT2D eigenvalue weighted by Gasteiger charge is 2.23. The number of amides is 1. The molecule has 1 amide bonds. The van der Waals surface area contributed by atoms with Gasteiger partial charge in [0.05, 0.1) is 11.0 Å². The van der Waals surface area contributed by atoms with Gasteiger partial charge in [-0.2, -0.15) is 0 Å². The smallest absolute Gasteiger partial charge is 0.296 e. The monoisotopic (exact) mass is 283 g/mol. The SMILES string of the molecule is Cc1cc(C)c(C(=O)N(C)c2nc3ccccc3n2C)o1. The molecule has 2 heterocycles. The van der Waals surface area contributed by atoms with Gasteiger partial charge in [0, 0.05) is 19.7 Å². The third-order valence-corrected chi connectivity index (χ3v) is 3.60. The summed E-state index contributed by atoms with van der Waals surface area (Å²) in [5.41, 5.74) is 2.68. The summed E-state index contributed by atoms with van der Waals surface area (Å²) in [6, 6.07) is 9.65. The molecule has 0 bridgehead atoms. The van der Waals surface area contributed by atoms with Gasteiger partial charge < -0.3 is 8.98 Å².